The van der Waals surface area contributed by atoms with Crippen LogP contribution in [0.1, 0.15) is 44.7 Å². The molecule has 5 heteroatoms. The molecule has 1 unspecified atom stereocenters. The first kappa shape index (κ1) is 18.3. The van der Waals surface area contributed by atoms with Crippen molar-refractivity contribution in [3.8, 4) is 0 Å². The van der Waals surface area contributed by atoms with Gasteiger partial charge in [0.2, 0.25) is 0 Å². The summed E-state index contributed by atoms with van der Waals surface area (Å²) in [5, 5.41) is 3.47. The molecule has 0 spiro atoms. The third-order valence-corrected chi connectivity index (χ3v) is 4.80. The number of carbonyl (C=O) groups is 1. The number of likely N-dealkylation sites (tertiary alicyclic amines) is 1. The summed E-state index contributed by atoms with van der Waals surface area (Å²) in [5.74, 6) is 0. The molecule has 0 aromatic heterocycles. The second kappa shape index (κ2) is 7.67. The first-order valence-electron chi connectivity index (χ1n) is 8.21. The lowest BCUT2D eigenvalue weighted by Crippen LogP contribution is -2.44. The van der Waals surface area contributed by atoms with Gasteiger partial charge in [0.15, 0.2) is 0 Å². The monoisotopic (exact) mass is 382 g/mol. The number of benzene rings is 1. The number of ether oxygens (including phenoxy) is 1. The minimum Gasteiger partial charge on any atom is -0.444 e. The molecule has 1 aromatic rings. The standard InChI is InChI=1S/C18H27BrN2O2/c1-13-7-8-14(10-16(13)19)11-20-12-15-6-5-9-21(15)17(22)23-18(2,3)4/h7-8,10,15,20H,5-6,9,11-12H2,1-4H3. The van der Waals surface area contributed by atoms with Gasteiger partial charge < -0.3 is 15.0 Å². The lowest BCUT2D eigenvalue weighted by Gasteiger charge is -2.28. The number of halogens is 1. The topological polar surface area (TPSA) is 41.6 Å². The van der Waals surface area contributed by atoms with Gasteiger partial charge in [-0.15, -0.1) is 0 Å². The van der Waals surface area contributed by atoms with Crippen LogP contribution in [-0.4, -0.2) is 35.7 Å². The van der Waals surface area contributed by atoms with Crippen LogP contribution in [0.5, 0.6) is 0 Å². The predicted molar refractivity (Wildman–Crippen MR) is 96.5 cm³/mol. The van der Waals surface area contributed by atoms with Crippen molar-refractivity contribution in [2.75, 3.05) is 13.1 Å². The number of hydrogen-bond donors (Lipinski definition) is 1. The van der Waals surface area contributed by atoms with E-state index in [1.165, 1.54) is 11.1 Å². The number of nitrogens with one attached hydrogen (secondary N) is 1. The van der Waals surface area contributed by atoms with E-state index in [-0.39, 0.29) is 12.1 Å². The third-order valence-electron chi connectivity index (χ3n) is 3.95. The van der Waals surface area contributed by atoms with E-state index in [0.717, 1.165) is 36.9 Å². The van der Waals surface area contributed by atoms with E-state index in [0.29, 0.717) is 0 Å². The van der Waals surface area contributed by atoms with Crippen molar-refractivity contribution < 1.29 is 9.53 Å². The van der Waals surface area contributed by atoms with E-state index in [2.05, 4.69) is 46.4 Å². The molecule has 1 N–H and O–H groups in total. The largest absolute Gasteiger partial charge is 0.444 e. The lowest BCUT2D eigenvalue weighted by molar-refractivity contribution is 0.0226. The summed E-state index contributed by atoms with van der Waals surface area (Å²) in [4.78, 5) is 14.1. The SMILES string of the molecule is Cc1ccc(CNCC2CCCN2C(=O)OC(C)(C)C)cc1Br. The van der Waals surface area contributed by atoms with Crippen LogP contribution in [0, 0.1) is 6.92 Å². The molecule has 0 bridgehead atoms. The number of nitrogens with zero attached hydrogens (tertiary/aromatic N) is 1. The lowest BCUT2D eigenvalue weighted by atomic mass is 10.1. The molecular formula is C18H27BrN2O2. The Morgan fingerprint density at radius 3 is 2.83 bits per heavy atom. The Balaban J connectivity index is 1.84. The first-order chi connectivity index (χ1) is 10.8. The number of carbonyl (C=O) groups excluding carboxylic acids is 1. The van der Waals surface area contributed by atoms with Crippen LogP contribution in [0.25, 0.3) is 0 Å². The summed E-state index contributed by atoms with van der Waals surface area (Å²) >= 11 is 3.56. The second-order valence-corrected chi connectivity index (χ2v) is 8.04. The molecule has 1 heterocycles. The Kier molecular flexibility index (Phi) is 6.09. The van der Waals surface area contributed by atoms with Gasteiger partial charge in [0.25, 0.3) is 0 Å². The molecule has 0 radical (unpaired) electrons. The molecule has 0 saturated carbocycles. The number of aryl methyl sites for hydroxylation is 1. The quantitative estimate of drug-likeness (QED) is 0.845. The predicted octanol–water partition coefficient (Wildman–Crippen LogP) is 4.25. The molecule has 1 aliphatic heterocycles. The first-order valence-corrected chi connectivity index (χ1v) is 9.01. The number of rotatable bonds is 4. The van der Waals surface area contributed by atoms with Gasteiger partial charge in [-0.2, -0.15) is 0 Å². The molecule has 1 aliphatic rings. The average molecular weight is 383 g/mol. The zero-order valence-electron chi connectivity index (χ0n) is 14.5. The van der Waals surface area contributed by atoms with Crippen LogP contribution < -0.4 is 5.32 Å². The van der Waals surface area contributed by atoms with Crippen LogP contribution in [0.4, 0.5) is 4.79 Å². The van der Waals surface area contributed by atoms with E-state index >= 15 is 0 Å². The highest BCUT2D eigenvalue weighted by atomic mass is 79.9. The van der Waals surface area contributed by atoms with Crippen molar-refractivity contribution in [1.82, 2.24) is 10.2 Å². The third kappa shape index (κ3) is 5.50. The summed E-state index contributed by atoms with van der Waals surface area (Å²) in [6.07, 6.45) is 1.88. The molecule has 128 valence electrons. The van der Waals surface area contributed by atoms with E-state index in [4.69, 9.17) is 4.74 Å². The zero-order chi connectivity index (χ0) is 17.0. The summed E-state index contributed by atoms with van der Waals surface area (Å²) in [6.45, 7) is 10.2. The van der Waals surface area contributed by atoms with Gasteiger partial charge >= 0.3 is 6.09 Å². The maximum atomic E-state index is 12.3. The molecule has 0 aliphatic carbocycles. The Labute approximate surface area is 147 Å². The van der Waals surface area contributed by atoms with Crippen molar-refractivity contribution in [2.24, 2.45) is 0 Å². The van der Waals surface area contributed by atoms with Crippen molar-refractivity contribution in [3.63, 3.8) is 0 Å². The van der Waals surface area contributed by atoms with Crippen molar-refractivity contribution in [3.05, 3.63) is 33.8 Å². The Hall–Kier alpha value is -1.07. The van der Waals surface area contributed by atoms with Crippen LogP contribution in [0.3, 0.4) is 0 Å². The summed E-state index contributed by atoms with van der Waals surface area (Å²) in [6, 6.07) is 6.61. The van der Waals surface area contributed by atoms with Crippen LogP contribution in [0.15, 0.2) is 22.7 Å². The molecule has 1 amide bonds. The fraction of sp³-hybridized carbons (Fsp3) is 0.611. The molecule has 2 rings (SSSR count). The van der Waals surface area contributed by atoms with Crippen LogP contribution in [0.2, 0.25) is 0 Å². The maximum Gasteiger partial charge on any atom is 0.410 e. The number of amides is 1. The molecule has 23 heavy (non-hydrogen) atoms. The molecule has 1 saturated heterocycles. The van der Waals surface area contributed by atoms with Gasteiger partial charge in [0, 0.05) is 30.1 Å². The molecule has 1 aromatic carbocycles. The van der Waals surface area contributed by atoms with Gasteiger partial charge in [-0.1, -0.05) is 28.1 Å². The maximum absolute atomic E-state index is 12.3. The summed E-state index contributed by atoms with van der Waals surface area (Å²) in [5.41, 5.74) is 2.04. The Morgan fingerprint density at radius 1 is 1.43 bits per heavy atom. The summed E-state index contributed by atoms with van der Waals surface area (Å²) in [7, 11) is 0. The van der Waals surface area contributed by atoms with E-state index < -0.39 is 5.60 Å². The molecular weight excluding hydrogens is 356 g/mol. The Morgan fingerprint density at radius 2 is 2.17 bits per heavy atom. The zero-order valence-corrected chi connectivity index (χ0v) is 16.1. The normalized spacial score (nSPS) is 18.3. The fourth-order valence-corrected chi connectivity index (χ4v) is 3.16. The Bertz CT molecular complexity index is 554. The van der Waals surface area contributed by atoms with Gasteiger partial charge in [-0.25, -0.2) is 4.79 Å². The highest BCUT2D eigenvalue weighted by Crippen LogP contribution is 2.21. The number of hydrogen-bond acceptors (Lipinski definition) is 3. The molecule has 1 atom stereocenters. The van der Waals surface area contributed by atoms with Crippen molar-refractivity contribution >= 4 is 22.0 Å². The molecule has 4 nitrogen and oxygen atoms in total. The van der Waals surface area contributed by atoms with E-state index in [9.17, 15) is 4.79 Å². The second-order valence-electron chi connectivity index (χ2n) is 7.18. The van der Waals surface area contributed by atoms with Gasteiger partial charge in [-0.3, -0.25) is 0 Å². The van der Waals surface area contributed by atoms with Gasteiger partial charge in [-0.05, 0) is 57.7 Å². The van der Waals surface area contributed by atoms with Crippen LogP contribution >= 0.6 is 15.9 Å². The minimum absolute atomic E-state index is 0.195. The van der Waals surface area contributed by atoms with E-state index in [1.807, 2.05) is 25.7 Å². The summed E-state index contributed by atoms with van der Waals surface area (Å²) < 4.78 is 6.63. The van der Waals surface area contributed by atoms with Gasteiger partial charge in [0.1, 0.15) is 5.60 Å². The van der Waals surface area contributed by atoms with Crippen molar-refractivity contribution in [1.29, 1.82) is 0 Å². The highest BCUT2D eigenvalue weighted by Gasteiger charge is 2.31. The van der Waals surface area contributed by atoms with Crippen LogP contribution in [-0.2, 0) is 11.3 Å². The van der Waals surface area contributed by atoms with Crippen molar-refractivity contribution in [2.45, 2.75) is 58.7 Å². The van der Waals surface area contributed by atoms with Gasteiger partial charge in [0.05, 0.1) is 0 Å². The van der Waals surface area contributed by atoms with E-state index in [1.54, 1.807) is 0 Å². The minimum atomic E-state index is -0.439. The fourth-order valence-electron chi connectivity index (χ4n) is 2.74. The smallest absolute Gasteiger partial charge is 0.410 e. The highest BCUT2D eigenvalue weighted by molar-refractivity contribution is 9.10. The molecule has 1 fully saturated rings. The average Bonchev–Trinajstić information content (AvgIpc) is 2.89.